The minimum absolute atomic E-state index is 0.0987. The number of halogens is 3. The standard InChI is InChI=1S/C14H17N3O2S.C2HF3O2/c1-10-15-16-13(19-10)14-8-17(5-11(14)7-18-9-14)6-12-3-2-4-20-12;3-2(4,5)1(6)7/h2-4,11H,5-9H2,1H3;(H,6,7)/t11-,14-;/m1./s1. The maximum atomic E-state index is 10.6. The summed E-state index contributed by atoms with van der Waals surface area (Å²) in [6, 6.07) is 4.30. The fourth-order valence-corrected chi connectivity index (χ4v) is 4.13. The minimum Gasteiger partial charge on any atom is -0.475 e. The van der Waals surface area contributed by atoms with Gasteiger partial charge in [-0.2, -0.15) is 13.2 Å². The van der Waals surface area contributed by atoms with Crippen LogP contribution in [-0.2, 0) is 21.5 Å². The van der Waals surface area contributed by atoms with Gasteiger partial charge < -0.3 is 14.3 Å². The van der Waals surface area contributed by atoms with Crippen LogP contribution in [0.5, 0.6) is 0 Å². The highest BCUT2D eigenvalue weighted by Gasteiger charge is 2.55. The van der Waals surface area contributed by atoms with E-state index < -0.39 is 12.1 Å². The number of rotatable bonds is 3. The van der Waals surface area contributed by atoms with E-state index in [1.165, 1.54) is 4.88 Å². The monoisotopic (exact) mass is 405 g/mol. The number of fused-ring (bicyclic) bond motifs is 1. The van der Waals surface area contributed by atoms with E-state index in [4.69, 9.17) is 19.1 Å². The van der Waals surface area contributed by atoms with Crippen molar-refractivity contribution < 1.29 is 32.2 Å². The number of aliphatic carboxylic acids is 1. The molecular weight excluding hydrogens is 387 g/mol. The highest BCUT2D eigenvalue weighted by atomic mass is 32.1. The molecular formula is C16H18F3N3O4S. The highest BCUT2D eigenvalue weighted by molar-refractivity contribution is 7.09. The average molecular weight is 405 g/mol. The van der Waals surface area contributed by atoms with Crippen LogP contribution in [0, 0.1) is 12.8 Å². The van der Waals surface area contributed by atoms with Crippen LogP contribution in [0.15, 0.2) is 21.9 Å². The summed E-state index contributed by atoms with van der Waals surface area (Å²) in [5, 5.41) is 17.5. The Hall–Kier alpha value is -1.98. The van der Waals surface area contributed by atoms with Crippen molar-refractivity contribution in [2.24, 2.45) is 5.92 Å². The Morgan fingerprint density at radius 2 is 2.22 bits per heavy atom. The Morgan fingerprint density at radius 1 is 1.48 bits per heavy atom. The molecule has 11 heteroatoms. The molecule has 0 bridgehead atoms. The zero-order valence-electron chi connectivity index (χ0n) is 14.4. The van der Waals surface area contributed by atoms with Gasteiger partial charge in [0.1, 0.15) is 0 Å². The van der Waals surface area contributed by atoms with E-state index in [9.17, 15) is 13.2 Å². The summed E-state index contributed by atoms with van der Waals surface area (Å²) in [5.74, 6) is -0.905. The zero-order valence-corrected chi connectivity index (χ0v) is 15.2. The molecule has 148 valence electrons. The molecule has 4 rings (SSSR count). The van der Waals surface area contributed by atoms with Crippen molar-refractivity contribution in [2.45, 2.75) is 25.1 Å². The van der Waals surface area contributed by atoms with Crippen molar-refractivity contribution in [1.29, 1.82) is 0 Å². The van der Waals surface area contributed by atoms with Crippen LogP contribution in [0.4, 0.5) is 13.2 Å². The van der Waals surface area contributed by atoms with Crippen LogP contribution in [0.1, 0.15) is 16.7 Å². The van der Waals surface area contributed by atoms with Crippen molar-refractivity contribution in [2.75, 3.05) is 26.3 Å². The van der Waals surface area contributed by atoms with Gasteiger partial charge in [0.25, 0.3) is 0 Å². The van der Waals surface area contributed by atoms with Gasteiger partial charge in [-0.3, -0.25) is 4.90 Å². The van der Waals surface area contributed by atoms with Gasteiger partial charge in [-0.1, -0.05) is 6.07 Å². The van der Waals surface area contributed by atoms with Gasteiger partial charge in [0.2, 0.25) is 11.8 Å². The summed E-state index contributed by atoms with van der Waals surface area (Å²) in [4.78, 5) is 12.8. The number of carbonyl (C=O) groups is 1. The summed E-state index contributed by atoms with van der Waals surface area (Å²) in [6.45, 7) is 6.32. The van der Waals surface area contributed by atoms with Gasteiger partial charge >= 0.3 is 12.1 Å². The minimum atomic E-state index is -5.08. The largest absolute Gasteiger partial charge is 0.490 e. The van der Waals surface area contributed by atoms with Crippen LogP contribution >= 0.6 is 11.3 Å². The van der Waals surface area contributed by atoms with Gasteiger partial charge in [0.15, 0.2) is 0 Å². The summed E-state index contributed by atoms with van der Waals surface area (Å²) >= 11 is 1.81. The molecule has 27 heavy (non-hydrogen) atoms. The molecule has 2 atom stereocenters. The SMILES string of the molecule is Cc1nnc([C@]23COC[C@H]2CN(Cc2cccs2)C3)o1.O=C(O)C(F)(F)F. The predicted molar refractivity (Wildman–Crippen MR) is 88.3 cm³/mol. The van der Waals surface area contributed by atoms with Crippen LogP contribution < -0.4 is 0 Å². The van der Waals surface area contributed by atoms with Crippen LogP contribution in [-0.4, -0.2) is 58.7 Å². The number of alkyl halides is 3. The fourth-order valence-electron chi connectivity index (χ4n) is 3.38. The molecule has 0 unspecified atom stereocenters. The third-order valence-electron chi connectivity index (χ3n) is 4.60. The molecule has 2 saturated heterocycles. The van der Waals surface area contributed by atoms with Crippen molar-refractivity contribution in [3.63, 3.8) is 0 Å². The molecule has 1 N–H and O–H groups in total. The maximum absolute atomic E-state index is 10.6. The van der Waals surface area contributed by atoms with Gasteiger partial charge in [-0.15, -0.1) is 21.5 Å². The normalized spacial score (nSPS) is 25.1. The maximum Gasteiger partial charge on any atom is 0.490 e. The van der Waals surface area contributed by atoms with Gasteiger partial charge in [0, 0.05) is 37.4 Å². The lowest BCUT2D eigenvalue weighted by Crippen LogP contribution is -2.35. The van der Waals surface area contributed by atoms with E-state index in [2.05, 4.69) is 32.6 Å². The number of hydrogen-bond acceptors (Lipinski definition) is 7. The van der Waals surface area contributed by atoms with E-state index in [1.54, 1.807) is 0 Å². The quantitative estimate of drug-likeness (QED) is 0.839. The number of aromatic nitrogens is 2. The molecule has 4 heterocycles. The topological polar surface area (TPSA) is 88.7 Å². The van der Waals surface area contributed by atoms with Crippen molar-refractivity contribution in [3.05, 3.63) is 34.2 Å². The van der Waals surface area contributed by atoms with Crippen LogP contribution in [0.25, 0.3) is 0 Å². The van der Waals surface area contributed by atoms with Crippen LogP contribution in [0.3, 0.4) is 0 Å². The number of carboxylic acids is 1. The number of hydrogen-bond donors (Lipinski definition) is 1. The first kappa shape index (κ1) is 19.8. The molecule has 0 amide bonds. The molecule has 2 aromatic heterocycles. The molecule has 2 aliphatic rings. The van der Waals surface area contributed by atoms with E-state index in [1.807, 2.05) is 18.3 Å². The lowest BCUT2D eigenvalue weighted by atomic mass is 9.81. The Balaban J connectivity index is 0.000000260. The number of nitrogens with zero attached hydrogens (tertiary/aromatic N) is 3. The van der Waals surface area contributed by atoms with Crippen molar-refractivity contribution >= 4 is 17.3 Å². The predicted octanol–water partition coefficient (Wildman–Crippen LogP) is 2.47. The number of ether oxygens (including phenoxy) is 1. The average Bonchev–Trinajstić information content (AvgIpc) is 3.31. The van der Waals surface area contributed by atoms with E-state index in [-0.39, 0.29) is 5.41 Å². The molecule has 7 nitrogen and oxygen atoms in total. The van der Waals surface area contributed by atoms with Gasteiger partial charge in [0.05, 0.1) is 18.6 Å². The first-order valence-corrected chi connectivity index (χ1v) is 9.02. The number of likely N-dealkylation sites (tertiary alicyclic amines) is 1. The lowest BCUT2D eigenvalue weighted by Gasteiger charge is -2.22. The van der Waals surface area contributed by atoms with E-state index in [0.717, 1.165) is 32.1 Å². The summed E-state index contributed by atoms with van der Waals surface area (Å²) < 4.78 is 43.2. The highest BCUT2D eigenvalue weighted by Crippen LogP contribution is 2.43. The van der Waals surface area contributed by atoms with Crippen molar-refractivity contribution in [3.8, 4) is 0 Å². The molecule has 0 aliphatic carbocycles. The Labute approximate surface area is 156 Å². The summed E-state index contributed by atoms with van der Waals surface area (Å²) in [5.41, 5.74) is -0.0987. The molecule has 0 saturated carbocycles. The van der Waals surface area contributed by atoms with Crippen LogP contribution in [0.2, 0.25) is 0 Å². The summed E-state index contributed by atoms with van der Waals surface area (Å²) in [7, 11) is 0. The molecule has 2 aromatic rings. The lowest BCUT2D eigenvalue weighted by molar-refractivity contribution is -0.192. The number of carboxylic acid groups (broad SMARTS) is 1. The third kappa shape index (κ3) is 4.30. The third-order valence-corrected chi connectivity index (χ3v) is 5.46. The molecule has 0 radical (unpaired) electrons. The zero-order chi connectivity index (χ0) is 19.7. The second-order valence-corrected chi connectivity index (χ2v) is 7.58. The second-order valence-electron chi connectivity index (χ2n) is 6.55. The van der Waals surface area contributed by atoms with Gasteiger partial charge in [-0.25, -0.2) is 4.79 Å². The Kier molecular flexibility index (Phi) is 5.54. The Bertz CT molecular complexity index is 780. The number of aryl methyl sites for hydroxylation is 1. The van der Waals surface area contributed by atoms with E-state index in [0.29, 0.717) is 18.4 Å². The number of thiophene rings is 1. The molecule has 0 aromatic carbocycles. The Morgan fingerprint density at radius 3 is 2.78 bits per heavy atom. The van der Waals surface area contributed by atoms with Gasteiger partial charge in [-0.05, 0) is 11.4 Å². The molecule has 0 spiro atoms. The molecule has 2 fully saturated rings. The fraction of sp³-hybridized carbons (Fsp3) is 0.562. The summed E-state index contributed by atoms with van der Waals surface area (Å²) in [6.07, 6.45) is -5.08. The smallest absolute Gasteiger partial charge is 0.475 e. The first-order valence-electron chi connectivity index (χ1n) is 8.14. The molecule has 2 aliphatic heterocycles. The first-order chi connectivity index (χ1) is 12.7. The van der Waals surface area contributed by atoms with Crippen molar-refractivity contribution in [1.82, 2.24) is 15.1 Å². The second kappa shape index (κ2) is 7.56. The van der Waals surface area contributed by atoms with E-state index >= 15 is 0 Å².